The number of benzene rings is 1. The predicted molar refractivity (Wildman–Crippen MR) is 95.2 cm³/mol. The fourth-order valence-corrected chi connectivity index (χ4v) is 6.10. The molecule has 0 radical (unpaired) electrons. The standard InChI is InChI=1S/C15H18BrN3O2S2/c1-19-14(8-11-6-7-23(20,21)10-11)17-18-15(19)22-9-12-4-2-3-5-13(12)16/h2-5,11H,6-10H2,1H3. The summed E-state index contributed by atoms with van der Waals surface area (Å²) in [7, 11) is -0.895. The largest absolute Gasteiger partial charge is 0.309 e. The molecule has 2 aromatic rings. The molecular weight excluding hydrogens is 398 g/mol. The van der Waals surface area contributed by atoms with E-state index in [1.807, 2.05) is 29.8 Å². The van der Waals surface area contributed by atoms with Crippen LogP contribution >= 0.6 is 27.7 Å². The first kappa shape index (κ1) is 17.0. The Labute approximate surface area is 148 Å². The molecule has 23 heavy (non-hydrogen) atoms. The fraction of sp³-hybridized carbons (Fsp3) is 0.467. The van der Waals surface area contributed by atoms with Crippen LogP contribution < -0.4 is 0 Å². The Kier molecular flexibility index (Phi) is 5.13. The molecule has 2 heterocycles. The van der Waals surface area contributed by atoms with Crippen molar-refractivity contribution >= 4 is 37.5 Å². The normalized spacial score (nSPS) is 20.0. The summed E-state index contributed by atoms with van der Waals surface area (Å²) in [6, 6.07) is 8.12. The Morgan fingerprint density at radius 1 is 1.35 bits per heavy atom. The summed E-state index contributed by atoms with van der Waals surface area (Å²) >= 11 is 5.18. The molecule has 0 spiro atoms. The lowest BCUT2D eigenvalue weighted by Gasteiger charge is -2.08. The molecule has 0 aliphatic carbocycles. The smallest absolute Gasteiger partial charge is 0.191 e. The number of nitrogens with zero attached hydrogens (tertiary/aromatic N) is 3. The van der Waals surface area contributed by atoms with Gasteiger partial charge in [-0.1, -0.05) is 45.9 Å². The summed E-state index contributed by atoms with van der Waals surface area (Å²) in [5.74, 6) is 2.43. The van der Waals surface area contributed by atoms with Gasteiger partial charge in [-0.25, -0.2) is 8.42 Å². The third-order valence-corrected chi connectivity index (χ3v) is 7.72. The van der Waals surface area contributed by atoms with Gasteiger partial charge >= 0.3 is 0 Å². The summed E-state index contributed by atoms with van der Waals surface area (Å²) in [5, 5.41) is 9.36. The van der Waals surface area contributed by atoms with Crippen molar-refractivity contribution in [1.29, 1.82) is 0 Å². The first-order valence-electron chi connectivity index (χ1n) is 7.39. The monoisotopic (exact) mass is 415 g/mol. The van der Waals surface area contributed by atoms with Gasteiger partial charge in [0.2, 0.25) is 0 Å². The first-order valence-corrected chi connectivity index (χ1v) is 11.0. The molecule has 0 N–H and O–H groups in total. The van der Waals surface area contributed by atoms with E-state index >= 15 is 0 Å². The Bertz CT molecular complexity index is 805. The number of aromatic nitrogens is 3. The molecule has 124 valence electrons. The molecule has 1 aromatic heterocycles. The summed E-state index contributed by atoms with van der Waals surface area (Å²) < 4.78 is 26.2. The fourth-order valence-electron chi connectivity index (χ4n) is 2.70. The zero-order chi connectivity index (χ0) is 16.4. The van der Waals surface area contributed by atoms with E-state index < -0.39 is 9.84 Å². The maximum atomic E-state index is 11.6. The summed E-state index contributed by atoms with van der Waals surface area (Å²) in [5.41, 5.74) is 1.21. The van der Waals surface area contributed by atoms with Crippen molar-refractivity contribution < 1.29 is 8.42 Å². The van der Waals surface area contributed by atoms with Gasteiger partial charge in [0.15, 0.2) is 15.0 Å². The molecule has 1 unspecified atom stereocenters. The Hall–Kier alpha value is -0.860. The molecule has 1 atom stereocenters. The van der Waals surface area contributed by atoms with Crippen LogP contribution in [0.25, 0.3) is 0 Å². The van der Waals surface area contributed by atoms with Gasteiger partial charge in [-0.15, -0.1) is 10.2 Å². The van der Waals surface area contributed by atoms with Gasteiger partial charge in [0.05, 0.1) is 11.5 Å². The van der Waals surface area contributed by atoms with E-state index in [2.05, 4.69) is 32.2 Å². The molecule has 1 aliphatic rings. The molecule has 1 fully saturated rings. The third kappa shape index (κ3) is 4.16. The Balaban J connectivity index is 1.64. The maximum Gasteiger partial charge on any atom is 0.191 e. The van der Waals surface area contributed by atoms with Crippen LogP contribution in [0, 0.1) is 5.92 Å². The molecule has 1 aliphatic heterocycles. The SMILES string of the molecule is Cn1c(CC2CCS(=O)(=O)C2)nnc1SCc1ccccc1Br. The van der Waals surface area contributed by atoms with Crippen molar-refractivity contribution in [2.24, 2.45) is 13.0 Å². The van der Waals surface area contributed by atoms with E-state index in [0.29, 0.717) is 12.2 Å². The average Bonchev–Trinajstić information content (AvgIpc) is 3.02. The van der Waals surface area contributed by atoms with E-state index in [9.17, 15) is 8.42 Å². The zero-order valence-corrected chi connectivity index (χ0v) is 16.0. The number of rotatable bonds is 5. The molecule has 0 saturated carbocycles. The summed E-state index contributed by atoms with van der Waals surface area (Å²) in [4.78, 5) is 0. The van der Waals surface area contributed by atoms with Crippen molar-refractivity contribution in [3.8, 4) is 0 Å². The van der Waals surface area contributed by atoms with Crippen LogP contribution in [-0.2, 0) is 29.1 Å². The molecule has 1 aromatic carbocycles. The highest BCUT2D eigenvalue weighted by atomic mass is 79.9. The van der Waals surface area contributed by atoms with Gasteiger partial charge in [-0.3, -0.25) is 0 Å². The second-order valence-corrected chi connectivity index (χ2v) is 9.84. The number of hydrogen-bond donors (Lipinski definition) is 0. The van der Waals surface area contributed by atoms with Crippen LogP contribution in [0.1, 0.15) is 17.8 Å². The van der Waals surface area contributed by atoms with Gasteiger partial charge < -0.3 is 4.57 Å². The second kappa shape index (κ2) is 6.94. The van der Waals surface area contributed by atoms with E-state index in [1.54, 1.807) is 11.8 Å². The lowest BCUT2D eigenvalue weighted by atomic mass is 10.1. The molecule has 0 bridgehead atoms. The summed E-state index contributed by atoms with van der Waals surface area (Å²) in [6.07, 6.45) is 1.41. The zero-order valence-electron chi connectivity index (χ0n) is 12.8. The maximum absolute atomic E-state index is 11.6. The molecule has 3 rings (SSSR count). The van der Waals surface area contributed by atoms with Crippen LogP contribution in [0.5, 0.6) is 0 Å². The molecule has 0 amide bonds. The Morgan fingerprint density at radius 3 is 2.83 bits per heavy atom. The summed E-state index contributed by atoms with van der Waals surface area (Å²) in [6.45, 7) is 0. The van der Waals surface area contributed by atoms with Crippen LogP contribution in [0.15, 0.2) is 33.9 Å². The number of halogens is 1. The van der Waals surface area contributed by atoms with Gasteiger partial charge in [0, 0.05) is 23.7 Å². The second-order valence-electron chi connectivity index (χ2n) is 5.81. The van der Waals surface area contributed by atoms with E-state index in [-0.39, 0.29) is 11.7 Å². The van der Waals surface area contributed by atoms with Crippen molar-refractivity contribution in [3.63, 3.8) is 0 Å². The van der Waals surface area contributed by atoms with Crippen LogP contribution in [0.3, 0.4) is 0 Å². The predicted octanol–water partition coefficient (Wildman–Crippen LogP) is 2.85. The molecule has 8 heteroatoms. The minimum absolute atomic E-state index is 0.170. The van der Waals surface area contributed by atoms with Gasteiger partial charge in [0.1, 0.15) is 5.82 Å². The van der Waals surface area contributed by atoms with Crippen LogP contribution in [0.2, 0.25) is 0 Å². The third-order valence-electron chi connectivity index (χ3n) is 4.04. The molecule has 1 saturated heterocycles. The van der Waals surface area contributed by atoms with Crippen molar-refractivity contribution in [3.05, 3.63) is 40.1 Å². The number of hydrogen-bond acceptors (Lipinski definition) is 5. The van der Waals surface area contributed by atoms with E-state index in [4.69, 9.17) is 0 Å². The highest BCUT2D eigenvalue weighted by Gasteiger charge is 2.29. The quantitative estimate of drug-likeness (QED) is 0.702. The molecular formula is C15H18BrN3O2S2. The van der Waals surface area contributed by atoms with Crippen molar-refractivity contribution in [1.82, 2.24) is 14.8 Å². The first-order chi connectivity index (χ1) is 10.9. The lowest BCUT2D eigenvalue weighted by Crippen LogP contribution is -2.11. The number of thioether (sulfide) groups is 1. The topological polar surface area (TPSA) is 64.8 Å². The van der Waals surface area contributed by atoms with E-state index in [1.165, 1.54) is 5.56 Å². The number of sulfone groups is 1. The highest BCUT2D eigenvalue weighted by Crippen LogP contribution is 2.27. The van der Waals surface area contributed by atoms with E-state index in [0.717, 1.165) is 27.6 Å². The van der Waals surface area contributed by atoms with Crippen LogP contribution in [0.4, 0.5) is 0 Å². The average molecular weight is 416 g/mol. The highest BCUT2D eigenvalue weighted by molar-refractivity contribution is 9.10. The van der Waals surface area contributed by atoms with Crippen LogP contribution in [-0.4, -0.2) is 34.7 Å². The minimum atomic E-state index is -2.84. The molecule has 5 nitrogen and oxygen atoms in total. The Morgan fingerprint density at radius 2 is 2.13 bits per heavy atom. The minimum Gasteiger partial charge on any atom is -0.309 e. The van der Waals surface area contributed by atoms with Gasteiger partial charge in [-0.05, 0) is 24.0 Å². The van der Waals surface area contributed by atoms with Gasteiger partial charge in [-0.2, -0.15) is 0 Å². The van der Waals surface area contributed by atoms with Crippen molar-refractivity contribution in [2.75, 3.05) is 11.5 Å². The van der Waals surface area contributed by atoms with Gasteiger partial charge in [0.25, 0.3) is 0 Å². The van der Waals surface area contributed by atoms with Crippen molar-refractivity contribution in [2.45, 2.75) is 23.8 Å². The lowest BCUT2D eigenvalue weighted by molar-refractivity contribution is 0.552.